The molecule has 0 radical (unpaired) electrons. The lowest BCUT2D eigenvalue weighted by Crippen LogP contribution is -2.16. The second-order valence-electron chi connectivity index (χ2n) is 3.89. The van der Waals surface area contributed by atoms with Gasteiger partial charge in [0, 0.05) is 38.6 Å². The lowest BCUT2D eigenvalue weighted by molar-refractivity contribution is 0.789. The molecule has 0 aliphatic rings. The lowest BCUT2D eigenvalue weighted by atomic mass is 10.3. The Morgan fingerprint density at radius 1 is 1.44 bits per heavy atom. The average Bonchev–Trinajstić information content (AvgIpc) is 2.76. The summed E-state index contributed by atoms with van der Waals surface area (Å²) in [6.07, 6.45) is 6.23. The van der Waals surface area contributed by atoms with Crippen molar-refractivity contribution in [3.05, 3.63) is 42.2 Å². The molecule has 6 heteroatoms. The fourth-order valence-electron chi connectivity index (χ4n) is 1.69. The fourth-order valence-corrected chi connectivity index (χ4v) is 1.85. The molecule has 5 nitrogen and oxygen atoms in total. The zero-order chi connectivity index (χ0) is 13.0. The standard InChI is InChI=1S/C12H15N5S/c1-17-8-7-15-10(17)4-6-14-9-3-2-5-16-11(9)12(13)18/h2-3,5,7-8,14H,4,6H2,1H3,(H2,13,18). The van der Waals surface area contributed by atoms with E-state index in [9.17, 15) is 0 Å². The zero-order valence-corrected chi connectivity index (χ0v) is 10.9. The van der Waals surface area contributed by atoms with E-state index in [1.54, 1.807) is 12.4 Å². The van der Waals surface area contributed by atoms with Crippen molar-refractivity contribution >= 4 is 22.9 Å². The van der Waals surface area contributed by atoms with Crippen molar-refractivity contribution in [1.82, 2.24) is 14.5 Å². The van der Waals surface area contributed by atoms with Gasteiger partial charge in [0.15, 0.2) is 0 Å². The third-order valence-electron chi connectivity index (χ3n) is 2.63. The van der Waals surface area contributed by atoms with Crippen LogP contribution < -0.4 is 11.1 Å². The first kappa shape index (κ1) is 12.5. The van der Waals surface area contributed by atoms with Crippen molar-refractivity contribution in [1.29, 1.82) is 0 Å². The van der Waals surface area contributed by atoms with E-state index in [-0.39, 0.29) is 0 Å². The number of nitrogens with two attached hydrogens (primary N) is 1. The van der Waals surface area contributed by atoms with Gasteiger partial charge in [0.1, 0.15) is 16.5 Å². The Morgan fingerprint density at radius 2 is 2.28 bits per heavy atom. The van der Waals surface area contributed by atoms with Gasteiger partial charge in [-0.15, -0.1) is 0 Å². The van der Waals surface area contributed by atoms with Gasteiger partial charge >= 0.3 is 0 Å². The highest BCUT2D eigenvalue weighted by molar-refractivity contribution is 7.80. The van der Waals surface area contributed by atoms with Gasteiger partial charge < -0.3 is 15.6 Å². The van der Waals surface area contributed by atoms with Gasteiger partial charge in [-0.05, 0) is 12.1 Å². The molecule has 2 aromatic heterocycles. The number of hydrogen-bond donors (Lipinski definition) is 2. The van der Waals surface area contributed by atoms with Crippen LogP contribution in [0.4, 0.5) is 5.69 Å². The largest absolute Gasteiger partial charge is 0.388 e. The van der Waals surface area contributed by atoms with Crippen LogP contribution in [0.3, 0.4) is 0 Å². The molecule has 2 rings (SSSR count). The molecule has 0 fully saturated rings. The minimum atomic E-state index is 0.301. The van der Waals surface area contributed by atoms with Crippen LogP contribution in [0.15, 0.2) is 30.7 Å². The number of nitrogens with one attached hydrogen (secondary N) is 1. The molecule has 18 heavy (non-hydrogen) atoms. The van der Waals surface area contributed by atoms with Crippen LogP contribution in [0.1, 0.15) is 11.5 Å². The van der Waals surface area contributed by atoms with E-state index in [4.69, 9.17) is 18.0 Å². The molecule has 0 amide bonds. The van der Waals surface area contributed by atoms with Gasteiger partial charge in [-0.25, -0.2) is 4.98 Å². The number of imidazole rings is 1. The van der Waals surface area contributed by atoms with E-state index < -0.39 is 0 Å². The summed E-state index contributed by atoms with van der Waals surface area (Å²) in [6, 6.07) is 3.77. The van der Waals surface area contributed by atoms with Crippen molar-refractivity contribution in [2.45, 2.75) is 6.42 Å². The number of aromatic nitrogens is 3. The summed E-state index contributed by atoms with van der Waals surface area (Å²) in [4.78, 5) is 8.72. The smallest absolute Gasteiger partial charge is 0.124 e. The topological polar surface area (TPSA) is 68.8 Å². The predicted octanol–water partition coefficient (Wildman–Crippen LogP) is 1.10. The molecule has 0 saturated carbocycles. The molecule has 2 aromatic rings. The summed E-state index contributed by atoms with van der Waals surface area (Å²) in [5, 5.41) is 3.28. The summed E-state index contributed by atoms with van der Waals surface area (Å²) >= 11 is 4.96. The molecule has 0 aliphatic heterocycles. The average molecular weight is 261 g/mol. The number of rotatable bonds is 5. The van der Waals surface area contributed by atoms with E-state index in [0.29, 0.717) is 10.7 Å². The predicted molar refractivity (Wildman–Crippen MR) is 75.5 cm³/mol. The van der Waals surface area contributed by atoms with Crippen molar-refractivity contribution in [2.75, 3.05) is 11.9 Å². The molecule has 94 valence electrons. The van der Waals surface area contributed by atoms with E-state index >= 15 is 0 Å². The number of nitrogens with zero attached hydrogens (tertiary/aromatic N) is 3. The Kier molecular flexibility index (Phi) is 3.88. The van der Waals surface area contributed by atoms with Gasteiger partial charge in [-0.1, -0.05) is 12.2 Å². The van der Waals surface area contributed by atoms with Crippen molar-refractivity contribution in [3.63, 3.8) is 0 Å². The quantitative estimate of drug-likeness (QED) is 0.789. The van der Waals surface area contributed by atoms with Gasteiger partial charge in [0.25, 0.3) is 0 Å². The van der Waals surface area contributed by atoms with Crippen LogP contribution in [0.5, 0.6) is 0 Å². The molecule has 0 saturated heterocycles. The van der Waals surface area contributed by atoms with Gasteiger partial charge in [0.2, 0.25) is 0 Å². The number of hydrogen-bond acceptors (Lipinski definition) is 4. The first-order chi connectivity index (χ1) is 8.68. The maximum absolute atomic E-state index is 5.62. The molecule has 2 heterocycles. The minimum absolute atomic E-state index is 0.301. The Bertz CT molecular complexity index is 549. The van der Waals surface area contributed by atoms with Crippen molar-refractivity contribution < 1.29 is 0 Å². The van der Waals surface area contributed by atoms with Gasteiger partial charge in [-0.3, -0.25) is 4.98 Å². The van der Waals surface area contributed by atoms with E-state index in [1.165, 1.54) is 0 Å². The maximum atomic E-state index is 5.62. The molecule has 0 aliphatic carbocycles. The second kappa shape index (κ2) is 5.59. The summed E-state index contributed by atoms with van der Waals surface area (Å²) in [6.45, 7) is 0.756. The zero-order valence-electron chi connectivity index (χ0n) is 10.1. The summed E-state index contributed by atoms with van der Waals surface area (Å²) in [7, 11) is 1.98. The third-order valence-corrected chi connectivity index (χ3v) is 2.82. The molecular weight excluding hydrogens is 246 g/mol. The minimum Gasteiger partial charge on any atom is -0.388 e. The number of aryl methyl sites for hydroxylation is 1. The molecule has 0 spiro atoms. The van der Waals surface area contributed by atoms with E-state index in [1.807, 2.05) is 29.9 Å². The van der Waals surface area contributed by atoms with Crippen molar-refractivity contribution in [3.8, 4) is 0 Å². The second-order valence-corrected chi connectivity index (χ2v) is 4.33. The lowest BCUT2D eigenvalue weighted by Gasteiger charge is -2.09. The highest BCUT2D eigenvalue weighted by Gasteiger charge is 2.05. The Hall–Kier alpha value is -1.95. The summed E-state index contributed by atoms with van der Waals surface area (Å²) in [5.74, 6) is 1.03. The molecule has 3 N–H and O–H groups in total. The van der Waals surface area contributed by atoms with Crippen LogP contribution in [-0.2, 0) is 13.5 Å². The first-order valence-electron chi connectivity index (χ1n) is 5.63. The SMILES string of the molecule is Cn1ccnc1CCNc1cccnc1C(N)=S. The van der Waals surface area contributed by atoms with Crippen LogP contribution >= 0.6 is 12.2 Å². The molecular formula is C12H15N5S. The van der Waals surface area contributed by atoms with E-state index in [2.05, 4.69) is 15.3 Å². The fraction of sp³-hybridized carbons (Fsp3) is 0.250. The normalized spacial score (nSPS) is 10.3. The molecule has 0 aromatic carbocycles. The van der Waals surface area contributed by atoms with Gasteiger partial charge in [-0.2, -0.15) is 0 Å². The summed E-state index contributed by atoms with van der Waals surface area (Å²) < 4.78 is 2.00. The highest BCUT2D eigenvalue weighted by atomic mass is 32.1. The van der Waals surface area contributed by atoms with Crippen LogP contribution in [0.25, 0.3) is 0 Å². The van der Waals surface area contributed by atoms with E-state index in [0.717, 1.165) is 24.5 Å². The Labute approximate surface area is 111 Å². The van der Waals surface area contributed by atoms with Gasteiger partial charge in [0.05, 0.1) is 5.69 Å². The van der Waals surface area contributed by atoms with Crippen molar-refractivity contribution in [2.24, 2.45) is 12.8 Å². The molecule has 0 atom stereocenters. The Balaban J connectivity index is 1.99. The summed E-state index contributed by atoms with van der Waals surface area (Å²) in [5.41, 5.74) is 7.11. The number of pyridine rings is 1. The maximum Gasteiger partial charge on any atom is 0.124 e. The number of thiocarbonyl (C=S) groups is 1. The van der Waals surface area contributed by atoms with Crippen LogP contribution in [-0.4, -0.2) is 26.1 Å². The van der Waals surface area contributed by atoms with Crippen LogP contribution in [0, 0.1) is 0 Å². The first-order valence-corrected chi connectivity index (χ1v) is 6.04. The molecule has 0 bridgehead atoms. The van der Waals surface area contributed by atoms with Crippen LogP contribution in [0.2, 0.25) is 0 Å². The monoisotopic (exact) mass is 261 g/mol. The highest BCUT2D eigenvalue weighted by Crippen LogP contribution is 2.11. The third kappa shape index (κ3) is 2.84. The molecule has 0 unspecified atom stereocenters. The number of anilines is 1. The Morgan fingerprint density at radius 3 is 2.94 bits per heavy atom.